The zero-order valence-corrected chi connectivity index (χ0v) is 13.9. The summed E-state index contributed by atoms with van der Waals surface area (Å²) in [4.78, 5) is 48.8. The smallest absolute Gasteiger partial charge is 0.406 e. The van der Waals surface area contributed by atoms with Gasteiger partial charge < -0.3 is 9.64 Å². The van der Waals surface area contributed by atoms with Gasteiger partial charge in [0, 0.05) is 18.3 Å². The van der Waals surface area contributed by atoms with Gasteiger partial charge in [-0.25, -0.2) is 4.79 Å². The number of aromatic amines is 1. The van der Waals surface area contributed by atoms with E-state index < -0.39 is 55.0 Å². The summed E-state index contributed by atoms with van der Waals surface area (Å²) < 4.78 is 43.6. The third-order valence-corrected chi connectivity index (χ3v) is 4.02. The Morgan fingerprint density at radius 3 is 2.58 bits per heavy atom. The Bertz CT molecular complexity index is 782. The maximum Gasteiger partial charge on any atom is 0.406 e. The van der Waals surface area contributed by atoms with Crippen LogP contribution in [0.25, 0.3) is 0 Å². The zero-order chi connectivity index (χ0) is 19.5. The topological polar surface area (TPSA) is 101 Å². The molecule has 144 valence electrons. The van der Waals surface area contributed by atoms with E-state index in [-0.39, 0.29) is 5.92 Å². The number of nitrogens with one attached hydrogen (secondary N) is 1. The number of halogens is 3. The van der Waals surface area contributed by atoms with E-state index in [9.17, 15) is 32.3 Å². The summed E-state index contributed by atoms with van der Waals surface area (Å²) in [5, 5.41) is 0. The van der Waals surface area contributed by atoms with Crippen molar-refractivity contribution in [3.63, 3.8) is 0 Å². The van der Waals surface area contributed by atoms with E-state index in [1.54, 1.807) is 0 Å². The van der Waals surface area contributed by atoms with E-state index in [1.807, 2.05) is 4.98 Å². The quantitative estimate of drug-likeness (QED) is 0.688. The van der Waals surface area contributed by atoms with Crippen LogP contribution in [-0.4, -0.2) is 51.7 Å². The van der Waals surface area contributed by atoms with Gasteiger partial charge in [-0.05, 0) is 25.7 Å². The highest BCUT2D eigenvalue weighted by Gasteiger charge is 2.40. The number of carbonyl (C=O) groups excluding carboxylic acids is 2. The Kier molecular flexibility index (Phi) is 5.88. The highest BCUT2D eigenvalue weighted by atomic mass is 19.4. The van der Waals surface area contributed by atoms with E-state index in [0.717, 1.165) is 29.7 Å². The van der Waals surface area contributed by atoms with Crippen LogP contribution in [0.1, 0.15) is 19.8 Å². The highest BCUT2D eigenvalue weighted by molar-refractivity contribution is 5.81. The number of aromatic nitrogens is 2. The van der Waals surface area contributed by atoms with E-state index in [0.29, 0.717) is 4.90 Å². The van der Waals surface area contributed by atoms with Crippen molar-refractivity contribution in [3.05, 3.63) is 33.1 Å². The molecule has 1 aromatic rings. The first-order valence-electron chi connectivity index (χ1n) is 7.88. The number of carbonyl (C=O) groups is 2. The molecule has 1 fully saturated rings. The van der Waals surface area contributed by atoms with Crippen molar-refractivity contribution in [3.8, 4) is 0 Å². The van der Waals surface area contributed by atoms with E-state index in [4.69, 9.17) is 0 Å². The predicted molar refractivity (Wildman–Crippen MR) is 82.2 cm³/mol. The molecule has 1 aliphatic carbocycles. The first-order valence-corrected chi connectivity index (χ1v) is 7.88. The number of ether oxygens (including phenoxy) is 1. The van der Waals surface area contributed by atoms with Crippen LogP contribution in [0.5, 0.6) is 0 Å². The molecule has 0 radical (unpaired) electrons. The van der Waals surface area contributed by atoms with Crippen molar-refractivity contribution in [2.75, 3.05) is 13.2 Å². The minimum absolute atomic E-state index is 0.0109. The van der Waals surface area contributed by atoms with Gasteiger partial charge in [-0.3, -0.25) is 23.9 Å². The lowest BCUT2D eigenvalue weighted by Gasteiger charge is -2.30. The zero-order valence-electron chi connectivity index (χ0n) is 13.9. The molecule has 0 aromatic carbocycles. The fraction of sp³-hybridized carbons (Fsp3) is 0.600. The molecule has 11 heteroatoms. The van der Waals surface area contributed by atoms with Gasteiger partial charge in [0.15, 0.2) is 6.61 Å². The Labute approximate surface area is 145 Å². The number of H-pyrrole nitrogens is 1. The molecule has 0 bridgehead atoms. The van der Waals surface area contributed by atoms with Gasteiger partial charge in [-0.1, -0.05) is 0 Å². The summed E-state index contributed by atoms with van der Waals surface area (Å²) in [6.07, 6.45) is -2.00. The molecule has 1 amide bonds. The number of rotatable bonds is 7. The molecule has 1 heterocycles. The van der Waals surface area contributed by atoms with Gasteiger partial charge >= 0.3 is 17.8 Å². The molecule has 0 aliphatic heterocycles. The molecule has 1 aromatic heterocycles. The summed E-state index contributed by atoms with van der Waals surface area (Å²) in [5.74, 6) is -1.93. The number of nitrogens with zero attached hydrogens (tertiary/aromatic N) is 2. The predicted octanol–water partition coefficient (Wildman–Crippen LogP) is 0.269. The summed E-state index contributed by atoms with van der Waals surface area (Å²) in [5.41, 5.74) is -1.49. The van der Waals surface area contributed by atoms with Crippen LogP contribution < -0.4 is 11.2 Å². The van der Waals surface area contributed by atoms with Crippen molar-refractivity contribution in [1.82, 2.24) is 14.5 Å². The Balaban J connectivity index is 1.94. The van der Waals surface area contributed by atoms with Crippen LogP contribution in [0, 0.1) is 5.92 Å². The monoisotopic (exact) mass is 377 g/mol. The highest BCUT2D eigenvalue weighted by Crippen LogP contribution is 2.36. The Morgan fingerprint density at radius 1 is 1.38 bits per heavy atom. The van der Waals surface area contributed by atoms with Crippen molar-refractivity contribution in [1.29, 1.82) is 0 Å². The molecule has 0 unspecified atom stereocenters. The molecule has 0 spiro atoms. The maximum absolute atomic E-state index is 12.7. The lowest BCUT2D eigenvalue weighted by Crippen LogP contribution is -2.47. The summed E-state index contributed by atoms with van der Waals surface area (Å²) in [6.45, 7) is -1.33. The minimum Gasteiger partial charge on any atom is -0.454 e. The van der Waals surface area contributed by atoms with Gasteiger partial charge in [0.2, 0.25) is 0 Å². The van der Waals surface area contributed by atoms with Crippen molar-refractivity contribution in [2.24, 2.45) is 5.92 Å². The van der Waals surface area contributed by atoms with Gasteiger partial charge in [0.1, 0.15) is 13.1 Å². The van der Waals surface area contributed by atoms with Crippen molar-refractivity contribution in [2.45, 2.75) is 38.5 Å². The number of alkyl halides is 3. The largest absolute Gasteiger partial charge is 0.454 e. The first-order chi connectivity index (χ1) is 12.1. The van der Waals surface area contributed by atoms with E-state index >= 15 is 0 Å². The second-order valence-corrected chi connectivity index (χ2v) is 6.11. The number of hydrogen-bond donors (Lipinski definition) is 1. The van der Waals surface area contributed by atoms with Crippen molar-refractivity contribution >= 4 is 11.9 Å². The minimum atomic E-state index is -4.56. The standard InChI is InChI=1S/C15H18F3N3O5/c1-9(10-2-3-10)21(8-15(16,17)18)12(23)7-26-13(24)6-20-5-4-11(22)19-14(20)25/h4-5,9-10H,2-3,6-8H2,1H3,(H,19,22,25)/t9-/m1/s1. The van der Waals surface area contributed by atoms with Gasteiger partial charge in [0.25, 0.3) is 11.5 Å². The van der Waals surface area contributed by atoms with Crippen LogP contribution in [0.4, 0.5) is 13.2 Å². The van der Waals surface area contributed by atoms with Crippen LogP contribution in [0.3, 0.4) is 0 Å². The molecule has 8 nitrogen and oxygen atoms in total. The third-order valence-electron chi connectivity index (χ3n) is 4.02. The lowest BCUT2D eigenvalue weighted by atomic mass is 10.2. The summed E-state index contributed by atoms with van der Waals surface area (Å²) >= 11 is 0. The fourth-order valence-electron chi connectivity index (χ4n) is 2.46. The molecule has 0 saturated heterocycles. The molecule has 1 saturated carbocycles. The molecule has 1 aliphatic rings. The molecular weight excluding hydrogens is 359 g/mol. The second-order valence-electron chi connectivity index (χ2n) is 6.11. The SMILES string of the molecule is C[C@H](C1CC1)N(CC(F)(F)F)C(=O)COC(=O)Cn1ccc(=O)[nH]c1=O. The average Bonchev–Trinajstić information content (AvgIpc) is 3.36. The van der Waals surface area contributed by atoms with Crippen LogP contribution in [0.2, 0.25) is 0 Å². The molecule has 26 heavy (non-hydrogen) atoms. The van der Waals surface area contributed by atoms with Gasteiger partial charge in [0.05, 0.1) is 0 Å². The van der Waals surface area contributed by atoms with Gasteiger partial charge in [-0.15, -0.1) is 0 Å². The van der Waals surface area contributed by atoms with Gasteiger partial charge in [-0.2, -0.15) is 13.2 Å². The van der Waals surface area contributed by atoms with E-state index in [2.05, 4.69) is 4.74 Å². The first kappa shape index (κ1) is 19.7. The summed E-state index contributed by atoms with van der Waals surface area (Å²) in [7, 11) is 0. The Hall–Kier alpha value is -2.59. The number of amides is 1. The molecule has 2 rings (SSSR count). The Morgan fingerprint density at radius 2 is 2.04 bits per heavy atom. The fourth-order valence-corrected chi connectivity index (χ4v) is 2.46. The normalized spacial score (nSPS) is 15.4. The maximum atomic E-state index is 12.7. The van der Waals surface area contributed by atoms with Crippen LogP contribution >= 0.6 is 0 Å². The number of hydrogen-bond acceptors (Lipinski definition) is 5. The van der Waals surface area contributed by atoms with Crippen LogP contribution in [0.15, 0.2) is 21.9 Å². The second kappa shape index (κ2) is 7.75. The van der Waals surface area contributed by atoms with Crippen molar-refractivity contribution < 1.29 is 27.5 Å². The third kappa shape index (κ3) is 5.74. The van der Waals surface area contributed by atoms with Crippen LogP contribution in [-0.2, 0) is 20.9 Å². The van der Waals surface area contributed by atoms with E-state index in [1.165, 1.54) is 6.92 Å². The summed E-state index contributed by atoms with van der Waals surface area (Å²) in [6, 6.07) is 0.409. The lowest BCUT2D eigenvalue weighted by molar-refractivity contribution is -0.171. The molecular formula is C15H18F3N3O5. The molecule has 1 atom stereocenters. The average molecular weight is 377 g/mol. The number of esters is 1. The molecule has 1 N–H and O–H groups in total.